The fraction of sp³-hybridized carbons (Fsp3) is 0.222. The monoisotopic (exact) mass is 419 g/mol. The van der Waals surface area contributed by atoms with Crippen molar-refractivity contribution < 1.29 is 18.1 Å². The SMILES string of the molecule is CCS(=O)(=O)c1ccc(CC(=O)N=c2sc3cc([N+](=O)[O-])ccc3n2C)cc1. The van der Waals surface area contributed by atoms with Crippen LogP contribution in [0.15, 0.2) is 52.4 Å². The van der Waals surface area contributed by atoms with E-state index in [4.69, 9.17) is 0 Å². The quantitative estimate of drug-likeness (QED) is 0.466. The van der Waals surface area contributed by atoms with Crippen LogP contribution in [-0.2, 0) is 28.1 Å². The van der Waals surface area contributed by atoms with E-state index in [0.717, 1.165) is 5.52 Å². The summed E-state index contributed by atoms with van der Waals surface area (Å²) in [5, 5.41) is 10.9. The summed E-state index contributed by atoms with van der Waals surface area (Å²) in [4.78, 5) is 27.5. The normalized spacial score (nSPS) is 12.4. The molecule has 0 radical (unpaired) electrons. The first-order valence-corrected chi connectivity index (χ1v) is 10.8. The van der Waals surface area contributed by atoms with Gasteiger partial charge in [-0.05, 0) is 23.8 Å². The highest BCUT2D eigenvalue weighted by Gasteiger charge is 2.13. The van der Waals surface area contributed by atoms with Gasteiger partial charge in [-0.25, -0.2) is 8.42 Å². The van der Waals surface area contributed by atoms with E-state index in [1.165, 1.54) is 35.6 Å². The molecule has 0 aliphatic heterocycles. The lowest BCUT2D eigenvalue weighted by molar-refractivity contribution is -0.384. The van der Waals surface area contributed by atoms with Gasteiger partial charge in [0.25, 0.3) is 11.6 Å². The number of amides is 1. The molecule has 0 atom stereocenters. The number of aryl methyl sites for hydroxylation is 1. The van der Waals surface area contributed by atoms with Crippen LogP contribution in [0.4, 0.5) is 5.69 Å². The molecule has 28 heavy (non-hydrogen) atoms. The highest BCUT2D eigenvalue weighted by atomic mass is 32.2. The highest BCUT2D eigenvalue weighted by Crippen LogP contribution is 2.22. The maximum absolute atomic E-state index is 12.3. The molecule has 0 N–H and O–H groups in total. The Kier molecular flexibility index (Phi) is 5.43. The lowest BCUT2D eigenvalue weighted by Crippen LogP contribution is -2.14. The summed E-state index contributed by atoms with van der Waals surface area (Å²) in [5.41, 5.74) is 1.38. The smallest absolute Gasteiger partial charge is 0.270 e. The molecule has 0 spiro atoms. The molecule has 8 nitrogen and oxygen atoms in total. The molecule has 1 amide bonds. The number of fused-ring (bicyclic) bond motifs is 1. The molecule has 146 valence electrons. The Hall–Kier alpha value is -2.85. The van der Waals surface area contributed by atoms with E-state index in [-0.39, 0.29) is 28.7 Å². The summed E-state index contributed by atoms with van der Waals surface area (Å²) >= 11 is 1.19. The standard InChI is InChI=1S/C18H17N3O5S2/c1-3-28(25,26)14-7-4-12(5-8-14)10-17(22)19-18-20(2)15-9-6-13(21(23)24)11-16(15)27-18/h4-9,11H,3,10H2,1-2H3. The third kappa shape index (κ3) is 4.02. The number of carbonyl (C=O) groups is 1. The van der Waals surface area contributed by atoms with Crippen molar-refractivity contribution in [1.29, 1.82) is 0 Å². The molecule has 3 aromatic rings. The minimum atomic E-state index is -3.28. The first-order valence-electron chi connectivity index (χ1n) is 8.34. The first kappa shape index (κ1) is 19.9. The minimum absolute atomic E-state index is 0.0151. The Morgan fingerprint density at radius 2 is 1.89 bits per heavy atom. The molecule has 1 aromatic heterocycles. The molecule has 0 saturated carbocycles. The number of hydrogen-bond donors (Lipinski definition) is 0. The predicted octanol–water partition coefficient (Wildman–Crippen LogP) is 2.61. The zero-order valence-electron chi connectivity index (χ0n) is 15.2. The van der Waals surface area contributed by atoms with Crippen LogP contribution < -0.4 is 4.80 Å². The lowest BCUT2D eigenvalue weighted by Gasteiger charge is -2.02. The average molecular weight is 419 g/mol. The van der Waals surface area contributed by atoms with Gasteiger partial charge in [0, 0.05) is 19.2 Å². The van der Waals surface area contributed by atoms with E-state index in [1.807, 2.05) is 0 Å². The topological polar surface area (TPSA) is 112 Å². The lowest BCUT2D eigenvalue weighted by atomic mass is 10.1. The number of aromatic nitrogens is 1. The molecule has 10 heteroatoms. The summed E-state index contributed by atoms with van der Waals surface area (Å²) in [6, 6.07) is 10.7. The maximum Gasteiger partial charge on any atom is 0.270 e. The molecular formula is C18H17N3O5S2. The van der Waals surface area contributed by atoms with E-state index >= 15 is 0 Å². The fourth-order valence-electron chi connectivity index (χ4n) is 2.65. The maximum atomic E-state index is 12.3. The number of thiazole rings is 1. The van der Waals surface area contributed by atoms with Gasteiger partial charge in [-0.1, -0.05) is 30.4 Å². The molecule has 0 aliphatic rings. The van der Waals surface area contributed by atoms with Crippen molar-refractivity contribution in [2.75, 3.05) is 5.75 Å². The predicted molar refractivity (Wildman–Crippen MR) is 106 cm³/mol. The first-order chi connectivity index (χ1) is 13.2. The molecule has 3 rings (SSSR count). The van der Waals surface area contributed by atoms with Crippen molar-refractivity contribution in [2.24, 2.45) is 12.0 Å². The van der Waals surface area contributed by atoms with Crippen LogP contribution >= 0.6 is 11.3 Å². The number of non-ortho nitro benzene ring substituents is 1. The van der Waals surface area contributed by atoms with Crippen LogP contribution in [0.2, 0.25) is 0 Å². The fourth-order valence-corrected chi connectivity index (χ4v) is 4.60. The number of nitro benzene ring substituents is 1. The van der Waals surface area contributed by atoms with Crippen LogP contribution in [0.5, 0.6) is 0 Å². The second-order valence-electron chi connectivity index (χ2n) is 6.08. The van der Waals surface area contributed by atoms with Crippen molar-refractivity contribution in [1.82, 2.24) is 4.57 Å². The number of carbonyl (C=O) groups excluding carboxylic acids is 1. The van der Waals surface area contributed by atoms with Gasteiger partial charge in [0.15, 0.2) is 14.6 Å². The van der Waals surface area contributed by atoms with Gasteiger partial charge in [0.05, 0.1) is 32.2 Å². The Morgan fingerprint density at radius 3 is 2.50 bits per heavy atom. The van der Waals surface area contributed by atoms with Crippen molar-refractivity contribution >= 4 is 43.0 Å². The highest BCUT2D eigenvalue weighted by molar-refractivity contribution is 7.91. The summed E-state index contributed by atoms with van der Waals surface area (Å²) in [6.07, 6.45) is 0.0286. The number of nitrogens with zero attached hydrogens (tertiary/aromatic N) is 3. The molecule has 1 heterocycles. The van der Waals surface area contributed by atoms with E-state index in [1.54, 1.807) is 36.7 Å². The largest absolute Gasteiger partial charge is 0.319 e. The minimum Gasteiger partial charge on any atom is -0.319 e. The van der Waals surface area contributed by atoms with Crippen molar-refractivity contribution in [3.63, 3.8) is 0 Å². The van der Waals surface area contributed by atoms with Gasteiger partial charge in [-0.2, -0.15) is 4.99 Å². The van der Waals surface area contributed by atoms with E-state index < -0.39 is 14.8 Å². The van der Waals surface area contributed by atoms with E-state index in [9.17, 15) is 23.3 Å². The molecule has 0 saturated heterocycles. The number of benzene rings is 2. The molecule has 0 bridgehead atoms. The summed E-state index contributed by atoms with van der Waals surface area (Å²) < 4.78 is 26.0. The molecule has 2 aromatic carbocycles. The van der Waals surface area contributed by atoms with Gasteiger partial charge in [0.1, 0.15) is 0 Å². The van der Waals surface area contributed by atoms with Crippen LogP contribution in [0.1, 0.15) is 12.5 Å². The number of hydrogen-bond acceptors (Lipinski definition) is 6. The molecular weight excluding hydrogens is 402 g/mol. The van der Waals surface area contributed by atoms with Crippen molar-refractivity contribution in [2.45, 2.75) is 18.2 Å². The average Bonchev–Trinajstić information content (AvgIpc) is 2.97. The summed E-state index contributed by atoms with van der Waals surface area (Å²) in [7, 11) is -1.54. The number of rotatable bonds is 5. The van der Waals surface area contributed by atoms with Gasteiger partial charge < -0.3 is 4.57 Å². The van der Waals surface area contributed by atoms with Crippen LogP contribution in [-0.4, -0.2) is 29.6 Å². The van der Waals surface area contributed by atoms with Crippen LogP contribution in [0.25, 0.3) is 10.2 Å². The van der Waals surface area contributed by atoms with E-state index in [0.29, 0.717) is 15.1 Å². The van der Waals surface area contributed by atoms with Gasteiger partial charge in [-0.3, -0.25) is 14.9 Å². The molecule has 0 unspecified atom stereocenters. The zero-order chi connectivity index (χ0) is 20.5. The Morgan fingerprint density at radius 1 is 1.21 bits per heavy atom. The van der Waals surface area contributed by atoms with Gasteiger partial charge in [-0.15, -0.1) is 0 Å². The van der Waals surface area contributed by atoms with Crippen LogP contribution in [0.3, 0.4) is 0 Å². The Labute approximate surface area is 164 Å². The van der Waals surface area contributed by atoms with Crippen LogP contribution in [0, 0.1) is 10.1 Å². The number of sulfone groups is 1. The molecule has 0 aliphatic carbocycles. The van der Waals surface area contributed by atoms with E-state index in [2.05, 4.69) is 4.99 Å². The third-order valence-corrected chi connectivity index (χ3v) is 7.09. The van der Waals surface area contributed by atoms with Crippen molar-refractivity contribution in [3.05, 3.63) is 62.9 Å². The summed E-state index contributed by atoms with van der Waals surface area (Å²) in [6.45, 7) is 1.57. The summed E-state index contributed by atoms with van der Waals surface area (Å²) in [5.74, 6) is -0.371. The van der Waals surface area contributed by atoms with Gasteiger partial charge in [0.2, 0.25) is 0 Å². The second kappa shape index (κ2) is 7.64. The third-order valence-electron chi connectivity index (χ3n) is 4.24. The molecule has 0 fully saturated rings. The van der Waals surface area contributed by atoms with Crippen molar-refractivity contribution in [3.8, 4) is 0 Å². The Bertz CT molecular complexity index is 1240. The Balaban J connectivity index is 1.86. The second-order valence-corrected chi connectivity index (χ2v) is 9.37. The van der Waals surface area contributed by atoms with Gasteiger partial charge >= 0.3 is 0 Å². The number of nitro groups is 1. The zero-order valence-corrected chi connectivity index (χ0v) is 16.8.